The number of rotatable bonds is 8. The van der Waals surface area contributed by atoms with Crippen molar-refractivity contribution in [1.29, 1.82) is 0 Å². The van der Waals surface area contributed by atoms with Crippen molar-refractivity contribution in [3.05, 3.63) is 86.3 Å². The molecule has 0 aliphatic heterocycles. The predicted octanol–water partition coefficient (Wildman–Crippen LogP) is 4.22. The number of methoxy groups -OCH3 is 1. The molecule has 0 aliphatic carbocycles. The number of carboxylic acids is 1. The Morgan fingerprint density at radius 1 is 1.14 bits per heavy atom. The normalized spacial score (nSPS) is 11.5. The number of hydrogen-bond donors (Lipinski definition) is 4. The zero-order valence-electron chi connectivity index (χ0n) is 19.5. The minimum absolute atomic E-state index is 0.128. The van der Waals surface area contributed by atoms with Crippen molar-refractivity contribution in [2.24, 2.45) is 0 Å². The van der Waals surface area contributed by atoms with E-state index in [2.05, 4.69) is 10.6 Å². The Hall–Kier alpha value is -3.98. The van der Waals surface area contributed by atoms with Crippen LogP contribution in [0.2, 0.25) is 5.02 Å². The van der Waals surface area contributed by atoms with Crippen molar-refractivity contribution >= 4 is 29.3 Å². The SMILES string of the molecule is COc1ccc([C@H](CC(=O)O)NC(=O)Nc2c(O)c(C)cn(Cc3ccccc3Cl)c2=O)cc1C. The first-order chi connectivity index (χ1) is 16.6. The first kappa shape index (κ1) is 25.6. The molecule has 0 fully saturated rings. The molecule has 1 aromatic heterocycles. The predicted molar refractivity (Wildman–Crippen MR) is 133 cm³/mol. The fourth-order valence-electron chi connectivity index (χ4n) is 3.69. The van der Waals surface area contributed by atoms with E-state index in [1.165, 1.54) is 17.9 Å². The van der Waals surface area contributed by atoms with Gasteiger partial charge in [-0.15, -0.1) is 0 Å². The third-order valence-corrected chi connectivity index (χ3v) is 5.85. The van der Waals surface area contributed by atoms with Gasteiger partial charge in [0, 0.05) is 16.8 Å². The number of aromatic hydroxyl groups is 1. The first-order valence-electron chi connectivity index (χ1n) is 10.7. The topological polar surface area (TPSA) is 130 Å². The van der Waals surface area contributed by atoms with Crippen LogP contribution in [0.1, 0.15) is 34.7 Å². The van der Waals surface area contributed by atoms with Crippen molar-refractivity contribution in [2.45, 2.75) is 32.9 Å². The molecule has 4 N–H and O–H groups in total. The number of halogens is 1. The van der Waals surface area contributed by atoms with Gasteiger partial charge >= 0.3 is 12.0 Å². The van der Waals surface area contributed by atoms with Crippen molar-refractivity contribution in [2.75, 3.05) is 12.4 Å². The standard InChI is InChI=1S/C25H26ClN3O6/c1-14-10-16(8-9-20(14)35-3)19(11-21(30)31)27-25(34)28-22-23(32)15(2)12-29(24(22)33)13-17-6-4-5-7-18(17)26/h4-10,12,19,32H,11,13H2,1-3H3,(H,30,31)(H2,27,28,34)/t19-/m0/s1. The molecule has 2 aromatic carbocycles. The van der Waals surface area contributed by atoms with Crippen LogP contribution in [0.25, 0.3) is 0 Å². The molecular weight excluding hydrogens is 474 g/mol. The number of amides is 2. The summed E-state index contributed by atoms with van der Waals surface area (Å²) >= 11 is 6.21. The molecule has 9 nitrogen and oxygen atoms in total. The molecule has 184 valence electrons. The average molecular weight is 500 g/mol. The van der Waals surface area contributed by atoms with E-state index in [4.69, 9.17) is 16.3 Å². The summed E-state index contributed by atoms with van der Waals surface area (Å²) in [4.78, 5) is 37.3. The lowest BCUT2D eigenvalue weighted by Gasteiger charge is -2.20. The molecule has 0 saturated heterocycles. The van der Waals surface area contributed by atoms with Gasteiger partial charge in [0.15, 0.2) is 5.69 Å². The highest BCUT2D eigenvalue weighted by molar-refractivity contribution is 6.31. The molecule has 0 bridgehead atoms. The van der Waals surface area contributed by atoms with Crippen LogP contribution in [-0.4, -0.2) is 33.9 Å². The lowest BCUT2D eigenvalue weighted by Crippen LogP contribution is -2.36. The summed E-state index contributed by atoms with van der Waals surface area (Å²) in [6.07, 6.45) is 1.08. The first-order valence-corrected chi connectivity index (χ1v) is 11.1. The zero-order chi connectivity index (χ0) is 25.7. The summed E-state index contributed by atoms with van der Waals surface area (Å²) in [5.74, 6) is -0.879. The quantitative estimate of drug-likeness (QED) is 0.367. The Bertz CT molecular complexity index is 1320. The highest BCUT2D eigenvalue weighted by Crippen LogP contribution is 2.26. The lowest BCUT2D eigenvalue weighted by molar-refractivity contribution is -0.137. The second kappa shape index (κ2) is 11.0. The number of nitrogens with one attached hydrogen (secondary N) is 2. The third-order valence-electron chi connectivity index (χ3n) is 5.48. The number of carbonyl (C=O) groups excluding carboxylic acids is 1. The fraction of sp³-hybridized carbons (Fsp3) is 0.240. The van der Waals surface area contributed by atoms with Gasteiger partial charge in [0.1, 0.15) is 11.5 Å². The molecule has 3 rings (SSSR count). The molecule has 0 aliphatic rings. The van der Waals surface area contributed by atoms with Gasteiger partial charge < -0.3 is 30.2 Å². The van der Waals surface area contributed by atoms with E-state index in [1.54, 1.807) is 56.3 Å². The van der Waals surface area contributed by atoms with Crippen LogP contribution in [0.15, 0.2) is 53.5 Å². The number of aliphatic carboxylic acids is 1. The summed E-state index contributed by atoms with van der Waals surface area (Å²) in [5.41, 5.74) is 1.40. The van der Waals surface area contributed by atoms with Crippen LogP contribution in [-0.2, 0) is 11.3 Å². The van der Waals surface area contributed by atoms with E-state index in [1.807, 2.05) is 0 Å². The summed E-state index contributed by atoms with van der Waals surface area (Å²) in [7, 11) is 1.52. The number of anilines is 1. The lowest BCUT2D eigenvalue weighted by atomic mass is 10.0. The van der Waals surface area contributed by atoms with Gasteiger partial charge in [-0.1, -0.05) is 41.9 Å². The van der Waals surface area contributed by atoms with Crippen LogP contribution in [0.4, 0.5) is 10.5 Å². The second-order valence-corrected chi connectivity index (χ2v) is 8.45. The van der Waals surface area contributed by atoms with Crippen LogP contribution in [0, 0.1) is 13.8 Å². The maximum Gasteiger partial charge on any atom is 0.319 e. The van der Waals surface area contributed by atoms with Crippen LogP contribution < -0.4 is 20.9 Å². The number of ether oxygens (including phenoxy) is 1. The number of aromatic nitrogens is 1. The Morgan fingerprint density at radius 2 is 1.86 bits per heavy atom. The van der Waals surface area contributed by atoms with E-state index < -0.39 is 30.0 Å². The fourth-order valence-corrected chi connectivity index (χ4v) is 3.88. The minimum Gasteiger partial charge on any atom is -0.505 e. The Balaban J connectivity index is 1.88. The zero-order valence-corrected chi connectivity index (χ0v) is 20.2. The molecule has 3 aromatic rings. The van der Waals surface area contributed by atoms with Gasteiger partial charge in [0.25, 0.3) is 5.56 Å². The van der Waals surface area contributed by atoms with Gasteiger partial charge in [0.2, 0.25) is 0 Å². The molecule has 0 spiro atoms. The number of hydrogen-bond acceptors (Lipinski definition) is 5. The monoisotopic (exact) mass is 499 g/mol. The summed E-state index contributed by atoms with van der Waals surface area (Å²) < 4.78 is 6.56. The molecule has 0 unspecified atom stereocenters. The smallest absolute Gasteiger partial charge is 0.319 e. The number of aryl methyl sites for hydroxylation is 2. The van der Waals surface area contributed by atoms with Gasteiger partial charge in [-0.2, -0.15) is 0 Å². The number of benzene rings is 2. The van der Waals surface area contributed by atoms with Gasteiger partial charge in [-0.3, -0.25) is 9.59 Å². The van der Waals surface area contributed by atoms with Crippen molar-refractivity contribution in [3.63, 3.8) is 0 Å². The molecule has 1 heterocycles. The molecule has 35 heavy (non-hydrogen) atoms. The van der Waals surface area contributed by atoms with Gasteiger partial charge in [0.05, 0.1) is 26.1 Å². The largest absolute Gasteiger partial charge is 0.505 e. The van der Waals surface area contributed by atoms with Gasteiger partial charge in [-0.05, 0) is 42.7 Å². The Kier molecular flexibility index (Phi) is 8.03. The summed E-state index contributed by atoms with van der Waals surface area (Å²) in [6, 6.07) is 10.3. The Labute approximate surface area is 206 Å². The molecule has 0 saturated carbocycles. The van der Waals surface area contributed by atoms with Crippen molar-refractivity contribution < 1.29 is 24.5 Å². The van der Waals surface area contributed by atoms with Crippen molar-refractivity contribution in [3.8, 4) is 11.5 Å². The number of urea groups is 1. The van der Waals surface area contributed by atoms with E-state index in [0.29, 0.717) is 27.5 Å². The molecule has 0 radical (unpaired) electrons. The van der Waals surface area contributed by atoms with Gasteiger partial charge in [-0.25, -0.2) is 4.79 Å². The second-order valence-electron chi connectivity index (χ2n) is 8.04. The highest BCUT2D eigenvalue weighted by Gasteiger charge is 2.22. The Morgan fingerprint density at radius 3 is 2.49 bits per heavy atom. The molecule has 2 amide bonds. The molecule has 1 atom stereocenters. The summed E-state index contributed by atoms with van der Waals surface area (Å²) in [6.45, 7) is 3.52. The van der Waals surface area contributed by atoms with Crippen molar-refractivity contribution in [1.82, 2.24) is 9.88 Å². The minimum atomic E-state index is -1.12. The van der Waals surface area contributed by atoms with E-state index in [9.17, 15) is 24.6 Å². The van der Waals surface area contributed by atoms with Crippen LogP contribution in [0.3, 0.4) is 0 Å². The van der Waals surface area contributed by atoms with E-state index in [-0.39, 0.29) is 18.0 Å². The number of carboxylic acid groups (broad SMARTS) is 1. The summed E-state index contributed by atoms with van der Waals surface area (Å²) in [5, 5.41) is 25.3. The molecular formula is C25H26ClN3O6. The van der Waals surface area contributed by atoms with E-state index in [0.717, 1.165) is 5.56 Å². The van der Waals surface area contributed by atoms with Crippen LogP contribution in [0.5, 0.6) is 11.5 Å². The number of carbonyl (C=O) groups is 2. The average Bonchev–Trinajstić information content (AvgIpc) is 2.81. The third kappa shape index (κ3) is 6.13. The number of nitrogens with zero attached hydrogens (tertiary/aromatic N) is 1. The van der Waals surface area contributed by atoms with Crippen LogP contribution >= 0.6 is 11.6 Å². The maximum absolute atomic E-state index is 13.1. The molecule has 10 heteroatoms. The maximum atomic E-state index is 13.1. The number of pyridine rings is 1. The highest BCUT2D eigenvalue weighted by atomic mass is 35.5. The van der Waals surface area contributed by atoms with E-state index >= 15 is 0 Å².